The number of fused-ring (bicyclic) bond motifs is 5. The van der Waals surface area contributed by atoms with E-state index in [0.717, 1.165) is 24.9 Å². The third-order valence-electron chi connectivity index (χ3n) is 10.9. The molecule has 232 valence electrons. The second-order valence-corrected chi connectivity index (χ2v) is 30.6. The van der Waals surface area contributed by atoms with E-state index in [-0.39, 0.29) is 11.5 Å². The standard InChI is InChI=1S/C32H63NO4Si3/c1-13-34-33-28-21-32(3)26(16-17-27(32)29(37-40(10,11)12)22-35-38(4,5)6)25-15-14-23-20-24(36-39(7,8)9)18-19-31(23,2)30(25)28/h23-27,29-30H,13-22H2,1-12H3/t23?,24-,25?,26?,27-,29+,30?,31+,32+/m1/s1. The average Bonchev–Trinajstić information content (AvgIpc) is 3.14. The van der Waals surface area contributed by atoms with Crippen LogP contribution >= 0.6 is 0 Å². The topological polar surface area (TPSA) is 49.3 Å². The monoisotopic (exact) mass is 609 g/mol. The van der Waals surface area contributed by atoms with E-state index in [0.29, 0.717) is 35.9 Å². The lowest BCUT2D eigenvalue weighted by Gasteiger charge is -2.61. The van der Waals surface area contributed by atoms with E-state index in [9.17, 15) is 0 Å². The molecule has 8 heteroatoms. The molecule has 4 unspecified atom stereocenters. The highest BCUT2D eigenvalue weighted by Gasteiger charge is 2.64. The van der Waals surface area contributed by atoms with E-state index in [1.807, 2.05) is 0 Å². The summed E-state index contributed by atoms with van der Waals surface area (Å²) in [6.07, 6.45) is 10.6. The van der Waals surface area contributed by atoms with Gasteiger partial charge in [0.25, 0.3) is 0 Å². The zero-order valence-corrected chi connectivity index (χ0v) is 31.2. The van der Waals surface area contributed by atoms with Crippen molar-refractivity contribution >= 4 is 30.7 Å². The van der Waals surface area contributed by atoms with E-state index in [1.165, 1.54) is 50.7 Å². The first kappa shape index (κ1) is 32.9. The summed E-state index contributed by atoms with van der Waals surface area (Å²) in [5.74, 6) is 3.21. The van der Waals surface area contributed by atoms with Crippen molar-refractivity contribution in [2.45, 2.75) is 143 Å². The predicted molar refractivity (Wildman–Crippen MR) is 175 cm³/mol. The molecule has 0 aromatic rings. The maximum atomic E-state index is 7.00. The van der Waals surface area contributed by atoms with Crippen molar-refractivity contribution < 1.29 is 18.1 Å². The molecule has 0 spiro atoms. The Hall–Kier alpha value is 0.000649. The van der Waals surface area contributed by atoms with Crippen molar-refractivity contribution in [1.29, 1.82) is 0 Å². The molecule has 0 aromatic carbocycles. The van der Waals surface area contributed by atoms with E-state index in [1.54, 1.807) is 0 Å². The maximum Gasteiger partial charge on any atom is 0.184 e. The fourth-order valence-corrected chi connectivity index (χ4v) is 12.6. The molecule has 4 fully saturated rings. The van der Waals surface area contributed by atoms with Gasteiger partial charge in [0.15, 0.2) is 25.0 Å². The van der Waals surface area contributed by atoms with Crippen molar-refractivity contribution in [2.75, 3.05) is 13.2 Å². The molecule has 5 nitrogen and oxygen atoms in total. The van der Waals surface area contributed by atoms with E-state index >= 15 is 0 Å². The number of oxime groups is 1. The molecule has 9 atom stereocenters. The van der Waals surface area contributed by atoms with Gasteiger partial charge in [-0.05, 0) is 152 Å². The second kappa shape index (κ2) is 11.8. The van der Waals surface area contributed by atoms with Gasteiger partial charge in [0.1, 0.15) is 6.61 Å². The minimum atomic E-state index is -1.73. The molecule has 0 bridgehead atoms. The fraction of sp³-hybridized carbons (Fsp3) is 0.969. The van der Waals surface area contributed by atoms with Crippen LogP contribution in [0.5, 0.6) is 0 Å². The largest absolute Gasteiger partial charge is 0.415 e. The molecule has 4 aliphatic carbocycles. The Morgan fingerprint density at radius 1 is 0.850 bits per heavy atom. The van der Waals surface area contributed by atoms with Crippen LogP contribution in [0, 0.1) is 40.4 Å². The third kappa shape index (κ3) is 7.20. The van der Waals surface area contributed by atoms with Gasteiger partial charge in [0.05, 0.1) is 18.4 Å². The lowest BCUT2D eigenvalue weighted by atomic mass is 9.44. The molecule has 0 saturated heterocycles. The predicted octanol–water partition coefficient (Wildman–Crippen LogP) is 8.94. The molecular formula is C32H63NO4Si3. The molecule has 4 saturated carbocycles. The van der Waals surface area contributed by atoms with Gasteiger partial charge in [0.2, 0.25) is 0 Å². The Morgan fingerprint density at radius 2 is 1.55 bits per heavy atom. The highest BCUT2D eigenvalue weighted by atomic mass is 28.4. The molecular weight excluding hydrogens is 547 g/mol. The molecule has 0 N–H and O–H groups in total. The van der Waals surface area contributed by atoms with Crippen LogP contribution in [-0.2, 0) is 18.1 Å². The van der Waals surface area contributed by atoms with Crippen molar-refractivity contribution in [3.63, 3.8) is 0 Å². The molecule has 0 amide bonds. The maximum absolute atomic E-state index is 7.00. The summed E-state index contributed by atoms with van der Waals surface area (Å²) in [6.45, 7) is 29.6. The SMILES string of the molecule is CCON=C1C[C@@]2(C)C(CC[C@@H]2[C@H](CO[Si](C)(C)C)O[Si](C)(C)C)C2CCC3C[C@H](O[Si](C)(C)C)CC[C@]3(C)C12. The Kier molecular flexibility index (Phi) is 9.73. The minimum absolute atomic E-state index is 0.180. The van der Waals surface area contributed by atoms with Gasteiger partial charge in [-0.15, -0.1) is 0 Å². The molecule has 0 heterocycles. The smallest absolute Gasteiger partial charge is 0.184 e. The van der Waals surface area contributed by atoms with Crippen LogP contribution in [0.25, 0.3) is 0 Å². The Balaban J connectivity index is 1.64. The van der Waals surface area contributed by atoms with E-state index < -0.39 is 25.0 Å². The minimum Gasteiger partial charge on any atom is -0.415 e. The quantitative estimate of drug-likeness (QED) is 0.183. The number of hydrogen-bond donors (Lipinski definition) is 0. The lowest BCUT2D eigenvalue weighted by Crippen LogP contribution is -2.59. The molecule has 4 aliphatic rings. The third-order valence-corrected chi connectivity index (χ3v) is 13.9. The Morgan fingerprint density at radius 3 is 2.15 bits per heavy atom. The average molecular weight is 610 g/mol. The number of rotatable bonds is 10. The first-order valence-corrected chi connectivity index (χ1v) is 26.8. The Bertz CT molecular complexity index is 909. The van der Waals surface area contributed by atoms with Gasteiger partial charge in [-0.2, -0.15) is 0 Å². The Labute approximate surface area is 250 Å². The van der Waals surface area contributed by atoms with Crippen LogP contribution in [0.1, 0.15) is 72.1 Å². The van der Waals surface area contributed by atoms with Gasteiger partial charge in [-0.1, -0.05) is 19.0 Å². The highest BCUT2D eigenvalue weighted by Crippen LogP contribution is 2.67. The summed E-state index contributed by atoms with van der Waals surface area (Å²) in [5.41, 5.74) is 1.85. The normalized spacial score (nSPS) is 40.4. The van der Waals surface area contributed by atoms with Crippen molar-refractivity contribution in [1.82, 2.24) is 0 Å². The van der Waals surface area contributed by atoms with E-state index in [2.05, 4.69) is 79.7 Å². The summed E-state index contributed by atoms with van der Waals surface area (Å²) < 4.78 is 20.2. The molecule has 40 heavy (non-hydrogen) atoms. The van der Waals surface area contributed by atoms with Crippen LogP contribution < -0.4 is 0 Å². The summed E-state index contributed by atoms with van der Waals surface area (Å²) in [7, 11) is -4.91. The highest BCUT2D eigenvalue weighted by molar-refractivity contribution is 6.70. The van der Waals surface area contributed by atoms with E-state index in [4.69, 9.17) is 23.3 Å². The van der Waals surface area contributed by atoms with Gasteiger partial charge < -0.3 is 18.1 Å². The first-order valence-electron chi connectivity index (χ1n) is 16.5. The molecule has 0 radical (unpaired) electrons. The first-order chi connectivity index (χ1) is 18.4. The van der Waals surface area contributed by atoms with Gasteiger partial charge in [-0.3, -0.25) is 0 Å². The zero-order chi connectivity index (χ0) is 29.7. The van der Waals surface area contributed by atoms with Crippen LogP contribution in [-0.4, -0.2) is 56.1 Å². The summed E-state index contributed by atoms with van der Waals surface area (Å²) in [4.78, 5) is 5.92. The summed E-state index contributed by atoms with van der Waals surface area (Å²) in [5, 5.41) is 5.00. The van der Waals surface area contributed by atoms with Crippen LogP contribution in [0.2, 0.25) is 58.9 Å². The molecule has 0 aromatic heterocycles. The van der Waals surface area contributed by atoms with Crippen molar-refractivity contribution in [3.05, 3.63) is 0 Å². The van der Waals surface area contributed by atoms with Gasteiger partial charge >= 0.3 is 0 Å². The second-order valence-electron chi connectivity index (χ2n) is 17.2. The molecule has 4 rings (SSSR count). The number of hydrogen-bond acceptors (Lipinski definition) is 5. The summed E-state index contributed by atoms with van der Waals surface area (Å²) in [6, 6.07) is 0. The van der Waals surface area contributed by atoms with Crippen LogP contribution in [0.15, 0.2) is 5.16 Å². The van der Waals surface area contributed by atoms with Gasteiger partial charge in [0, 0.05) is 12.0 Å². The zero-order valence-electron chi connectivity index (χ0n) is 28.2. The lowest BCUT2D eigenvalue weighted by molar-refractivity contribution is -0.0898. The summed E-state index contributed by atoms with van der Waals surface area (Å²) >= 11 is 0. The van der Waals surface area contributed by atoms with Crippen LogP contribution in [0.3, 0.4) is 0 Å². The van der Waals surface area contributed by atoms with Gasteiger partial charge in [-0.25, -0.2) is 0 Å². The molecule has 0 aliphatic heterocycles. The van der Waals surface area contributed by atoms with Crippen molar-refractivity contribution in [3.8, 4) is 0 Å². The van der Waals surface area contributed by atoms with Crippen LogP contribution in [0.4, 0.5) is 0 Å². The number of nitrogens with zero attached hydrogens (tertiary/aromatic N) is 1. The van der Waals surface area contributed by atoms with Crippen molar-refractivity contribution in [2.24, 2.45) is 45.6 Å². The fourth-order valence-electron chi connectivity index (χ4n) is 9.58.